The summed E-state index contributed by atoms with van der Waals surface area (Å²) in [6.45, 7) is 4.79. The van der Waals surface area contributed by atoms with Gasteiger partial charge >= 0.3 is 0 Å². The van der Waals surface area contributed by atoms with Crippen molar-refractivity contribution in [2.24, 2.45) is 5.73 Å². The van der Waals surface area contributed by atoms with Crippen LogP contribution < -0.4 is 15.2 Å². The highest BCUT2D eigenvalue weighted by Gasteiger charge is 2.09. The Hall–Kier alpha value is -2.49. The van der Waals surface area contributed by atoms with Crippen molar-refractivity contribution in [2.45, 2.75) is 20.3 Å². The van der Waals surface area contributed by atoms with Crippen molar-refractivity contribution in [2.75, 3.05) is 13.2 Å². The standard InChI is InChI=1S/C18H21NO3/c1-3-14-5-4-6-15(12-14)21-9-10-22-17-11-13(2)7-8-16(17)18(19)20/h4-8,11-12H,3,9-10H2,1-2H3,(H2,19,20). The molecule has 1 amide bonds. The van der Waals surface area contributed by atoms with E-state index in [2.05, 4.69) is 13.0 Å². The van der Waals surface area contributed by atoms with Crippen LogP contribution in [0.25, 0.3) is 0 Å². The summed E-state index contributed by atoms with van der Waals surface area (Å²) < 4.78 is 11.3. The molecule has 2 aromatic rings. The number of aryl methyl sites for hydroxylation is 2. The fourth-order valence-electron chi connectivity index (χ4n) is 2.12. The van der Waals surface area contributed by atoms with Crippen molar-refractivity contribution < 1.29 is 14.3 Å². The molecule has 4 nitrogen and oxygen atoms in total. The summed E-state index contributed by atoms with van der Waals surface area (Å²) in [6.07, 6.45) is 0.971. The Kier molecular flexibility index (Phi) is 5.42. The Morgan fingerprint density at radius 1 is 1.09 bits per heavy atom. The van der Waals surface area contributed by atoms with Crippen molar-refractivity contribution in [3.63, 3.8) is 0 Å². The van der Waals surface area contributed by atoms with Crippen molar-refractivity contribution in [3.8, 4) is 11.5 Å². The van der Waals surface area contributed by atoms with E-state index < -0.39 is 5.91 Å². The predicted molar refractivity (Wildman–Crippen MR) is 86.5 cm³/mol. The molecule has 22 heavy (non-hydrogen) atoms. The largest absolute Gasteiger partial charge is 0.490 e. The van der Waals surface area contributed by atoms with Crippen LogP contribution >= 0.6 is 0 Å². The Balaban J connectivity index is 1.91. The lowest BCUT2D eigenvalue weighted by atomic mass is 10.1. The molecule has 2 rings (SSSR count). The molecule has 0 saturated carbocycles. The highest BCUT2D eigenvalue weighted by atomic mass is 16.5. The second-order valence-electron chi connectivity index (χ2n) is 5.06. The normalized spacial score (nSPS) is 10.3. The van der Waals surface area contributed by atoms with Crippen LogP contribution in [-0.4, -0.2) is 19.1 Å². The second-order valence-corrected chi connectivity index (χ2v) is 5.06. The number of primary amides is 1. The van der Waals surface area contributed by atoms with Crippen LogP contribution in [-0.2, 0) is 6.42 Å². The summed E-state index contributed by atoms with van der Waals surface area (Å²) in [5.41, 5.74) is 7.97. The fourth-order valence-corrected chi connectivity index (χ4v) is 2.12. The lowest BCUT2D eigenvalue weighted by Gasteiger charge is -2.12. The molecule has 0 heterocycles. The number of benzene rings is 2. The molecule has 0 spiro atoms. The fraction of sp³-hybridized carbons (Fsp3) is 0.278. The van der Waals surface area contributed by atoms with Gasteiger partial charge in [-0.2, -0.15) is 0 Å². The van der Waals surface area contributed by atoms with E-state index in [1.165, 1.54) is 5.56 Å². The Bertz CT molecular complexity index is 653. The lowest BCUT2D eigenvalue weighted by molar-refractivity contribution is 0.0995. The third-order valence-corrected chi connectivity index (χ3v) is 3.32. The molecule has 116 valence electrons. The van der Waals surface area contributed by atoms with Crippen molar-refractivity contribution in [1.29, 1.82) is 0 Å². The first-order chi connectivity index (χ1) is 10.6. The minimum Gasteiger partial charge on any atom is -0.490 e. The molecular weight excluding hydrogens is 278 g/mol. The summed E-state index contributed by atoms with van der Waals surface area (Å²) in [4.78, 5) is 11.4. The number of hydrogen-bond acceptors (Lipinski definition) is 3. The van der Waals surface area contributed by atoms with Crippen molar-refractivity contribution in [1.82, 2.24) is 0 Å². The summed E-state index contributed by atoms with van der Waals surface area (Å²) in [5.74, 6) is 0.826. The molecule has 0 bridgehead atoms. The van der Waals surface area contributed by atoms with Crippen LogP contribution in [0.3, 0.4) is 0 Å². The average Bonchev–Trinajstić information content (AvgIpc) is 2.51. The van der Waals surface area contributed by atoms with Gasteiger partial charge in [-0.05, 0) is 48.7 Å². The van der Waals surface area contributed by atoms with Crippen LogP contribution in [0.4, 0.5) is 0 Å². The summed E-state index contributed by atoms with van der Waals surface area (Å²) in [7, 11) is 0. The first-order valence-electron chi connectivity index (χ1n) is 7.35. The number of ether oxygens (including phenoxy) is 2. The number of rotatable bonds is 7. The van der Waals surface area contributed by atoms with E-state index in [4.69, 9.17) is 15.2 Å². The van der Waals surface area contributed by atoms with Crippen LogP contribution in [0, 0.1) is 6.92 Å². The first-order valence-corrected chi connectivity index (χ1v) is 7.35. The quantitative estimate of drug-likeness (QED) is 0.799. The molecular formula is C18H21NO3. The monoisotopic (exact) mass is 299 g/mol. The molecule has 0 fully saturated rings. The van der Waals surface area contributed by atoms with Gasteiger partial charge in [0.1, 0.15) is 24.7 Å². The average molecular weight is 299 g/mol. The predicted octanol–water partition coefficient (Wildman–Crippen LogP) is 3.11. The van der Waals surface area contributed by atoms with E-state index in [0.29, 0.717) is 24.5 Å². The third-order valence-electron chi connectivity index (χ3n) is 3.32. The zero-order valence-corrected chi connectivity index (χ0v) is 13.0. The number of carbonyl (C=O) groups is 1. The highest BCUT2D eigenvalue weighted by Crippen LogP contribution is 2.20. The van der Waals surface area contributed by atoms with E-state index in [1.807, 2.05) is 31.2 Å². The summed E-state index contributed by atoms with van der Waals surface area (Å²) >= 11 is 0. The van der Waals surface area contributed by atoms with E-state index in [9.17, 15) is 4.79 Å². The molecule has 4 heteroatoms. The van der Waals surface area contributed by atoms with Crippen LogP contribution in [0.2, 0.25) is 0 Å². The Morgan fingerprint density at radius 3 is 2.59 bits per heavy atom. The SMILES string of the molecule is CCc1cccc(OCCOc2cc(C)ccc2C(N)=O)c1. The maximum absolute atomic E-state index is 11.4. The second kappa shape index (κ2) is 7.50. The van der Waals surface area contributed by atoms with Crippen molar-refractivity contribution >= 4 is 5.91 Å². The van der Waals surface area contributed by atoms with Gasteiger partial charge in [0.25, 0.3) is 5.91 Å². The van der Waals surface area contributed by atoms with Gasteiger partial charge in [0, 0.05) is 0 Å². The molecule has 0 radical (unpaired) electrons. The molecule has 0 aliphatic carbocycles. The number of nitrogens with two attached hydrogens (primary N) is 1. The zero-order chi connectivity index (χ0) is 15.9. The van der Waals surface area contributed by atoms with E-state index in [-0.39, 0.29) is 0 Å². The van der Waals surface area contributed by atoms with Crippen LogP contribution in [0.15, 0.2) is 42.5 Å². The summed E-state index contributed by atoms with van der Waals surface area (Å²) in [5, 5.41) is 0. The minimum absolute atomic E-state index is 0.347. The van der Waals surface area contributed by atoms with E-state index in [1.54, 1.807) is 12.1 Å². The Labute approximate surface area is 130 Å². The Morgan fingerprint density at radius 2 is 1.86 bits per heavy atom. The van der Waals surface area contributed by atoms with E-state index in [0.717, 1.165) is 17.7 Å². The molecule has 0 aromatic heterocycles. The number of hydrogen-bond donors (Lipinski definition) is 1. The molecule has 0 atom stereocenters. The third kappa shape index (κ3) is 4.25. The molecule has 0 aliphatic heterocycles. The maximum atomic E-state index is 11.4. The molecule has 0 aliphatic rings. The smallest absolute Gasteiger partial charge is 0.252 e. The van der Waals surface area contributed by atoms with Crippen LogP contribution in [0.1, 0.15) is 28.4 Å². The van der Waals surface area contributed by atoms with Gasteiger partial charge in [-0.25, -0.2) is 0 Å². The van der Waals surface area contributed by atoms with Gasteiger partial charge in [-0.1, -0.05) is 25.1 Å². The topological polar surface area (TPSA) is 61.6 Å². The van der Waals surface area contributed by atoms with Crippen LogP contribution in [0.5, 0.6) is 11.5 Å². The molecule has 2 N–H and O–H groups in total. The zero-order valence-electron chi connectivity index (χ0n) is 13.0. The number of carbonyl (C=O) groups excluding carboxylic acids is 1. The van der Waals surface area contributed by atoms with Gasteiger partial charge < -0.3 is 15.2 Å². The van der Waals surface area contributed by atoms with Gasteiger partial charge in [-0.15, -0.1) is 0 Å². The summed E-state index contributed by atoms with van der Waals surface area (Å²) in [6, 6.07) is 13.3. The van der Waals surface area contributed by atoms with Crippen molar-refractivity contribution in [3.05, 3.63) is 59.2 Å². The first kappa shape index (κ1) is 15.9. The maximum Gasteiger partial charge on any atom is 0.252 e. The highest BCUT2D eigenvalue weighted by molar-refractivity contribution is 5.95. The van der Waals surface area contributed by atoms with E-state index >= 15 is 0 Å². The number of amides is 1. The molecule has 0 unspecified atom stereocenters. The van der Waals surface area contributed by atoms with Gasteiger partial charge in [0.05, 0.1) is 5.56 Å². The van der Waals surface area contributed by atoms with Gasteiger partial charge in [-0.3, -0.25) is 4.79 Å². The van der Waals surface area contributed by atoms with Gasteiger partial charge in [0.2, 0.25) is 0 Å². The molecule has 2 aromatic carbocycles. The molecule has 0 saturated heterocycles. The lowest BCUT2D eigenvalue weighted by Crippen LogP contribution is -2.15. The van der Waals surface area contributed by atoms with Gasteiger partial charge in [0.15, 0.2) is 0 Å². The minimum atomic E-state index is -0.494.